The van der Waals surface area contributed by atoms with Crippen molar-refractivity contribution in [2.24, 2.45) is 0 Å². The molecule has 0 unspecified atom stereocenters. The molecule has 0 aliphatic carbocycles. The van der Waals surface area contributed by atoms with Gasteiger partial charge in [0.2, 0.25) is 23.0 Å². The van der Waals surface area contributed by atoms with E-state index in [0.29, 0.717) is 33.1 Å². The number of aromatic hydroxyl groups is 8. The number of rotatable bonds is 2. The highest BCUT2D eigenvalue weighted by molar-refractivity contribution is 6.30. The van der Waals surface area contributed by atoms with E-state index in [1.807, 2.05) is 54.6 Å². The molecule has 1 heterocycles. The van der Waals surface area contributed by atoms with Crippen molar-refractivity contribution in [2.45, 2.75) is 0 Å². The maximum absolute atomic E-state index is 11.6. The highest BCUT2D eigenvalue weighted by Crippen LogP contribution is 2.62. The zero-order valence-corrected chi connectivity index (χ0v) is 25.2. The molecule has 0 saturated carbocycles. The molecule has 1 aromatic heterocycles. The monoisotopic (exact) mass is 648 g/mol. The summed E-state index contributed by atoms with van der Waals surface area (Å²) >= 11 is 0. The van der Waals surface area contributed by atoms with Gasteiger partial charge in [0.15, 0.2) is 23.0 Å². The Morgan fingerprint density at radius 2 is 0.837 bits per heavy atom. The molecule has 8 N–H and O–H groups in total. The molecule has 0 atom stereocenters. The normalized spacial score (nSPS) is 11.9. The summed E-state index contributed by atoms with van der Waals surface area (Å²) in [4.78, 5) is 0. The van der Waals surface area contributed by atoms with Gasteiger partial charge < -0.3 is 45.3 Å². The lowest BCUT2D eigenvalue weighted by atomic mass is 9.82. The predicted octanol–water partition coefficient (Wildman–Crippen LogP) is 9.18. The van der Waals surface area contributed by atoms with E-state index >= 15 is 0 Å². The zero-order valence-electron chi connectivity index (χ0n) is 25.2. The quantitative estimate of drug-likeness (QED) is 0.0516. The molecule has 0 amide bonds. The number of phenolic OH excluding ortho intramolecular Hbond substituents is 8. The molecule has 8 aromatic carbocycles. The fraction of sp³-hybridized carbons (Fsp3) is 0. The summed E-state index contributed by atoms with van der Waals surface area (Å²) in [6.45, 7) is 0. The fourth-order valence-corrected chi connectivity index (χ4v) is 7.24. The van der Waals surface area contributed by atoms with Gasteiger partial charge in [0.25, 0.3) is 0 Å². The van der Waals surface area contributed by atoms with Crippen LogP contribution in [-0.2, 0) is 0 Å². The molecular formula is C40H24O9. The topological polar surface area (TPSA) is 175 Å². The smallest absolute Gasteiger partial charge is 0.204 e. The average molecular weight is 649 g/mol. The number of benzene rings is 8. The van der Waals surface area contributed by atoms with Crippen molar-refractivity contribution in [2.75, 3.05) is 0 Å². The first-order valence-electron chi connectivity index (χ1n) is 15.2. The Bertz CT molecular complexity index is 2840. The van der Waals surface area contributed by atoms with Crippen molar-refractivity contribution in [1.82, 2.24) is 0 Å². The van der Waals surface area contributed by atoms with E-state index in [2.05, 4.69) is 0 Å². The van der Waals surface area contributed by atoms with Gasteiger partial charge in [-0.3, -0.25) is 0 Å². The minimum Gasteiger partial charge on any atom is -0.504 e. The van der Waals surface area contributed by atoms with Crippen LogP contribution in [0.5, 0.6) is 46.0 Å². The Balaban J connectivity index is 1.54. The van der Waals surface area contributed by atoms with Crippen molar-refractivity contribution in [1.29, 1.82) is 0 Å². The van der Waals surface area contributed by atoms with E-state index in [0.717, 1.165) is 21.5 Å². The molecule has 238 valence electrons. The van der Waals surface area contributed by atoms with Gasteiger partial charge in [-0.05, 0) is 56.9 Å². The highest BCUT2D eigenvalue weighted by atomic mass is 16.4. The lowest BCUT2D eigenvalue weighted by Gasteiger charge is -2.23. The number of phenols is 8. The summed E-state index contributed by atoms with van der Waals surface area (Å²) in [6.07, 6.45) is 0. The van der Waals surface area contributed by atoms with E-state index in [4.69, 9.17) is 4.42 Å². The summed E-state index contributed by atoms with van der Waals surface area (Å²) in [5.74, 6) is -7.42. The Labute approximate surface area is 275 Å². The molecule has 0 aliphatic rings. The Kier molecular flexibility index (Phi) is 5.62. The second-order valence-electron chi connectivity index (χ2n) is 12.1. The van der Waals surface area contributed by atoms with E-state index in [1.54, 1.807) is 42.5 Å². The second kappa shape index (κ2) is 9.76. The minimum absolute atomic E-state index is 0.00180. The van der Waals surface area contributed by atoms with Crippen LogP contribution in [0.3, 0.4) is 0 Å². The third kappa shape index (κ3) is 3.69. The number of furan rings is 1. The Morgan fingerprint density at radius 3 is 1.45 bits per heavy atom. The lowest BCUT2D eigenvalue weighted by molar-refractivity contribution is 0.350. The molecule has 0 aliphatic heterocycles. The molecule has 0 fully saturated rings. The summed E-state index contributed by atoms with van der Waals surface area (Å²) in [5, 5.41) is 93.8. The van der Waals surface area contributed by atoms with Gasteiger partial charge in [0.1, 0.15) is 11.2 Å². The Morgan fingerprint density at radius 1 is 0.347 bits per heavy atom. The van der Waals surface area contributed by atoms with Gasteiger partial charge in [0, 0.05) is 43.4 Å². The van der Waals surface area contributed by atoms with Crippen molar-refractivity contribution >= 4 is 65.0 Å². The van der Waals surface area contributed by atoms with E-state index in [-0.39, 0.29) is 32.7 Å². The van der Waals surface area contributed by atoms with Gasteiger partial charge in [-0.1, -0.05) is 72.8 Å². The van der Waals surface area contributed by atoms with Gasteiger partial charge in [-0.25, -0.2) is 0 Å². The molecular weight excluding hydrogens is 624 g/mol. The summed E-state index contributed by atoms with van der Waals surface area (Å²) in [6, 6.07) is 29.2. The first kappa shape index (κ1) is 28.2. The van der Waals surface area contributed by atoms with Crippen molar-refractivity contribution in [3.05, 3.63) is 97.1 Å². The summed E-state index contributed by atoms with van der Waals surface area (Å²) < 4.78 is 6.17. The molecule has 0 bridgehead atoms. The standard InChI is InChI=1S/C40H24O9/c41-33-29-27(20-12-13-25-23(15-20)24-14-18-7-1-2-8-19(18)16-26(24)49-25)30-32(36(44)40(48)38(46)34(30)42)28(31(29)35(43)39(47)37(33)45)22-11-5-9-17-6-3-4-10-21(17)22/h1-16,41-48H. The van der Waals surface area contributed by atoms with E-state index in [1.165, 1.54) is 0 Å². The van der Waals surface area contributed by atoms with Crippen LogP contribution < -0.4 is 0 Å². The predicted molar refractivity (Wildman–Crippen MR) is 188 cm³/mol. The van der Waals surface area contributed by atoms with Gasteiger partial charge in [0.05, 0.1) is 0 Å². The minimum atomic E-state index is -1.03. The van der Waals surface area contributed by atoms with Crippen molar-refractivity contribution < 1.29 is 45.3 Å². The van der Waals surface area contributed by atoms with Crippen molar-refractivity contribution in [3.63, 3.8) is 0 Å². The van der Waals surface area contributed by atoms with Gasteiger partial charge in [-0.2, -0.15) is 0 Å². The molecule has 9 heteroatoms. The second-order valence-corrected chi connectivity index (χ2v) is 12.1. The number of fused-ring (bicyclic) bond motifs is 7. The number of hydrogen-bond donors (Lipinski definition) is 8. The van der Waals surface area contributed by atoms with Gasteiger partial charge >= 0.3 is 0 Å². The Hall–Kier alpha value is -7.00. The molecule has 0 spiro atoms. The summed E-state index contributed by atoms with van der Waals surface area (Å²) in [7, 11) is 0. The van der Waals surface area contributed by atoms with Crippen LogP contribution in [0.15, 0.2) is 101 Å². The van der Waals surface area contributed by atoms with Gasteiger partial charge in [-0.15, -0.1) is 0 Å². The largest absolute Gasteiger partial charge is 0.504 e. The fourth-order valence-electron chi connectivity index (χ4n) is 7.24. The molecule has 0 saturated heterocycles. The maximum Gasteiger partial charge on any atom is 0.204 e. The number of hydrogen-bond acceptors (Lipinski definition) is 9. The van der Waals surface area contributed by atoms with Crippen LogP contribution in [0.25, 0.3) is 87.3 Å². The van der Waals surface area contributed by atoms with Crippen LogP contribution in [0, 0.1) is 0 Å². The van der Waals surface area contributed by atoms with Crippen molar-refractivity contribution in [3.8, 4) is 68.2 Å². The highest BCUT2D eigenvalue weighted by Gasteiger charge is 2.32. The van der Waals surface area contributed by atoms with Crippen LogP contribution in [0.1, 0.15) is 0 Å². The molecule has 9 aromatic rings. The third-order valence-corrected chi connectivity index (χ3v) is 9.48. The molecule has 9 nitrogen and oxygen atoms in total. The van der Waals surface area contributed by atoms with Crippen LogP contribution in [-0.4, -0.2) is 40.9 Å². The van der Waals surface area contributed by atoms with E-state index in [9.17, 15) is 40.9 Å². The first-order valence-corrected chi connectivity index (χ1v) is 15.2. The molecule has 49 heavy (non-hydrogen) atoms. The van der Waals surface area contributed by atoms with E-state index < -0.39 is 46.0 Å². The van der Waals surface area contributed by atoms with Crippen LogP contribution in [0.2, 0.25) is 0 Å². The summed E-state index contributed by atoms with van der Waals surface area (Å²) in [5.41, 5.74) is 1.79. The maximum atomic E-state index is 11.6. The average Bonchev–Trinajstić information content (AvgIpc) is 3.48. The molecule has 0 radical (unpaired) electrons. The zero-order chi connectivity index (χ0) is 33.9. The van der Waals surface area contributed by atoms with Crippen LogP contribution in [0.4, 0.5) is 0 Å². The lowest BCUT2D eigenvalue weighted by Crippen LogP contribution is -1.95. The van der Waals surface area contributed by atoms with Crippen LogP contribution >= 0.6 is 0 Å². The third-order valence-electron chi connectivity index (χ3n) is 9.48. The first-order chi connectivity index (χ1) is 23.7. The SMILES string of the molecule is Oc1c(O)c(O)c2c(-c3cccc4ccccc34)c3c(O)c(O)c(O)c(O)c3c(-c3ccc4oc5cc6ccccc6cc5c4c3)c2c1O. The molecule has 9 rings (SSSR count).